The molecule has 136 valence electrons. The molecule has 1 atom stereocenters. The van der Waals surface area contributed by atoms with Gasteiger partial charge in [-0.2, -0.15) is 5.10 Å². The molecule has 3 rings (SSSR count). The van der Waals surface area contributed by atoms with Crippen molar-refractivity contribution in [3.8, 4) is 5.69 Å². The number of amides is 1. The second-order valence-corrected chi connectivity index (χ2v) is 6.26. The zero-order valence-electron chi connectivity index (χ0n) is 14.3. The Hall–Kier alpha value is -1.92. The topological polar surface area (TPSA) is 59.0 Å². The highest BCUT2D eigenvalue weighted by Crippen LogP contribution is 2.17. The maximum Gasteiger partial charge on any atom is 0.254 e. The molecule has 1 fully saturated rings. The fraction of sp³-hybridized carbons (Fsp3) is 0.444. The Morgan fingerprint density at radius 2 is 2.24 bits per heavy atom. The lowest BCUT2D eigenvalue weighted by atomic mass is 9.96. The Labute approximate surface area is 153 Å². The van der Waals surface area contributed by atoms with E-state index in [2.05, 4.69) is 15.7 Å². The van der Waals surface area contributed by atoms with Crippen LogP contribution in [0, 0.1) is 18.7 Å². The van der Waals surface area contributed by atoms with Crippen molar-refractivity contribution in [2.75, 3.05) is 19.6 Å². The van der Waals surface area contributed by atoms with E-state index in [4.69, 9.17) is 0 Å². The predicted molar refractivity (Wildman–Crippen MR) is 98.1 cm³/mol. The molecule has 1 aliphatic heterocycles. The Morgan fingerprint density at radius 1 is 1.44 bits per heavy atom. The van der Waals surface area contributed by atoms with Gasteiger partial charge in [-0.1, -0.05) is 12.1 Å². The van der Waals surface area contributed by atoms with Gasteiger partial charge in [0.25, 0.3) is 5.91 Å². The lowest BCUT2D eigenvalue weighted by Crippen LogP contribution is -2.33. The van der Waals surface area contributed by atoms with Gasteiger partial charge in [-0.15, -0.1) is 12.4 Å². The molecule has 0 radical (unpaired) electrons. The molecule has 5 nitrogen and oxygen atoms in total. The van der Waals surface area contributed by atoms with Gasteiger partial charge in [0.2, 0.25) is 0 Å². The normalized spacial score (nSPS) is 17.0. The summed E-state index contributed by atoms with van der Waals surface area (Å²) in [7, 11) is 0. The third-order valence-electron chi connectivity index (χ3n) is 4.57. The number of aromatic nitrogens is 2. The van der Waals surface area contributed by atoms with E-state index < -0.39 is 0 Å². The maximum atomic E-state index is 13.9. The second-order valence-electron chi connectivity index (χ2n) is 6.26. The van der Waals surface area contributed by atoms with Crippen molar-refractivity contribution in [1.29, 1.82) is 0 Å². The van der Waals surface area contributed by atoms with Crippen LogP contribution < -0.4 is 10.6 Å². The Bertz CT molecular complexity index is 713. The van der Waals surface area contributed by atoms with Crippen LogP contribution in [0.2, 0.25) is 0 Å². The number of piperidine rings is 1. The Balaban J connectivity index is 0.00000225. The van der Waals surface area contributed by atoms with Crippen molar-refractivity contribution in [1.82, 2.24) is 20.4 Å². The highest BCUT2D eigenvalue weighted by molar-refractivity contribution is 5.95. The monoisotopic (exact) mass is 366 g/mol. The molecule has 0 saturated carbocycles. The third kappa shape index (κ3) is 4.58. The highest BCUT2D eigenvalue weighted by Gasteiger charge is 2.17. The fourth-order valence-corrected chi connectivity index (χ4v) is 3.15. The molecule has 1 amide bonds. The molecule has 1 saturated heterocycles. The van der Waals surface area contributed by atoms with Crippen LogP contribution in [0.1, 0.15) is 35.3 Å². The van der Waals surface area contributed by atoms with E-state index in [0.29, 0.717) is 29.4 Å². The third-order valence-corrected chi connectivity index (χ3v) is 4.57. The van der Waals surface area contributed by atoms with Gasteiger partial charge >= 0.3 is 0 Å². The summed E-state index contributed by atoms with van der Waals surface area (Å²) in [4.78, 5) is 12.4. The van der Waals surface area contributed by atoms with Gasteiger partial charge in [-0.3, -0.25) is 4.79 Å². The van der Waals surface area contributed by atoms with Crippen molar-refractivity contribution in [2.24, 2.45) is 5.92 Å². The average Bonchev–Trinajstić information content (AvgIpc) is 2.98. The number of nitrogens with one attached hydrogen (secondary N) is 2. The van der Waals surface area contributed by atoms with Gasteiger partial charge in [-0.05, 0) is 57.3 Å². The first-order valence-electron chi connectivity index (χ1n) is 8.45. The van der Waals surface area contributed by atoms with Crippen LogP contribution in [0.5, 0.6) is 0 Å². The van der Waals surface area contributed by atoms with Crippen LogP contribution in [0.4, 0.5) is 4.39 Å². The number of halogens is 2. The number of benzene rings is 1. The number of para-hydroxylation sites is 1. The lowest BCUT2D eigenvalue weighted by Gasteiger charge is -2.22. The average molecular weight is 367 g/mol. The molecule has 1 aromatic carbocycles. The van der Waals surface area contributed by atoms with Gasteiger partial charge in [0.1, 0.15) is 11.5 Å². The number of hydrogen-bond donors (Lipinski definition) is 2. The molecule has 1 aliphatic rings. The van der Waals surface area contributed by atoms with E-state index in [0.717, 1.165) is 19.5 Å². The molecule has 1 aromatic heterocycles. The minimum Gasteiger partial charge on any atom is -0.352 e. The molecule has 0 aliphatic carbocycles. The molecule has 2 N–H and O–H groups in total. The van der Waals surface area contributed by atoms with E-state index in [9.17, 15) is 9.18 Å². The summed E-state index contributed by atoms with van der Waals surface area (Å²) in [6.07, 6.45) is 4.89. The van der Waals surface area contributed by atoms with Crippen LogP contribution in [0.25, 0.3) is 5.69 Å². The number of carbonyl (C=O) groups is 1. The van der Waals surface area contributed by atoms with Gasteiger partial charge in [0.05, 0.1) is 17.5 Å². The molecule has 7 heteroatoms. The van der Waals surface area contributed by atoms with E-state index in [-0.39, 0.29) is 24.1 Å². The number of nitrogens with zero attached hydrogens (tertiary/aromatic N) is 2. The van der Waals surface area contributed by atoms with Crippen LogP contribution in [0.3, 0.4) is 0 Å². The van der Waals surface area contributed by atoms with Crippen molar-refractivity contribution >= 4 is 18.3 Å². The molecule has 0 bridgehead atoms. The summed E-state index contributed by atoms with van der Waals surface area (Å²) in [5.74, 6) is 0.112. The molecule has 0 spiro atoms. The SMILES string of the molecule is Cc1c(C(=O)NCCC2CCCNC2)cnn1-c1ccccc1F.Cl. The van der Waals surface area contributed by atoms with Crippen LogP contribution in [-0.2, 0) is 0 Å². The molecule has 2 heterocycles. The summed E-state index contributed by atoms with van der Waals surface area (Å²) in [5, 5.41) is 10.5. The zero-order valence-corrected chi connectivity index (χ0v) is 15.1. The maximum absolute atomic E-state index is 13.9. The molecular weight excluding hydrogens is 343 g/mol. The molecular formula is C18H24ClFN4O. The summed E-state index contributed by atoms with van der Waals surface area (Å²) in [6, 6.07) is 6.41. The van der Waals surface area contributed by atoms with Crippen molar-refractivity contribution in [3.63, 3.8) is 0 Å². The second kappa shape index (κ2) is 8.97. The van der Waals surface area contributed by atoms with Crippen LogP contribution >= 0.6 is 12.4 Å². The van der Waals surface area contributed by atoms with Gasteiger partial charge in [0.15, 0.2) is 0 Å². The van der Waals surface area contributed by atoms with Gasteiger partial charge in [0, 0.05) is 6.54 Å². The molecule has 25 heavy (non-hydrogen) atoms. The van der Waals surface area contributed by atoms with E-state index in [1.165, 1.54) is 29.8 Å². The van der Waals surface area contributed by atoms with Gasteiger partial charge < -0.3 is 10.6 Å². The molecule has 2 aromatic rings. The van der Waals surface area contributed by atoms with E-state index in [1.54, 1.807) is 25.1 Å². The predicted octanol–water partition coefficient (Wildman–Crippen LogP) is 2.86. The van der Waals surface area contributed by atoms with Crippen LogP contribution in [0.15, 0.2) is 30.5 Å². The number of hydrogen-bond acceptors (Lipinski definition) is 3. The summed E-state index contributed by atoms with van der Waals surface area (Å²) >= 11 is 0. The minimum absolute atomic E-state index is 0. The minimum atomic E-state index is -0.361. The first-order valence-corrected chi connectivity index (χ1v) is 8.45. The quantitative estimate of drug-likeness (QED) is 0.855. The van der Waals surface area contributed by atoms with E-state index >= 15 is 0 Å². The zero-order chi connectivity index (χ0) is 16.9. The first kappa shape index (κ1) is 19.4. The first-order chi connectivity index (χ1) is 11.7. The smallest absolute Gasteiger partial charge is 0.254 e. The van der Waals surface area contributed by atoms with Crippen molar-refractivity contribution < 1.29 is 9.18 Å². The number of rotatable bonds is 5. The molecule has 1 unspecified atom stereocenters. The summed E-state index contributed by atoms with van der Waals surface area (Å²) in [6.45, 7) is 4.55. The number of carbonyl (C=O) groups excluding carboxylic acids is 1. The Kier molecular flexibility index (Phi) is 6.96. The summed E-state index contributed by atoms with van der Waals surface area (Å²) in [5.41, 5.74) is 1.47. The highest BCUT2D eigenvalue weighted by atomic mass is 35.5. The lowest BCUT2D eigenvalue weighted by molar-refractivity contribution is 0.0950. The largest absolute Gasteiger partial charge is 0.352 e. The van der Waals surface area contributed by atoms with Crippen LogP contribution in [-0.4, -0.2) is 35.3 Å². The standard InChI is InChI=1S/C18H23FN4O.ClH/c1-13-15(12-22-23(13)17-7-3-2-6-16(17)19)18(24)21-10-8-14-5-4-9-20-11-14;/h2-3,6-7,12,14,20H,4-5,8-11H2,1H3,(H,21,24);1H. The summed E-state index contributed by atoms with van der Waals surface area (Å²) < 4.78 is 15.4. The van der Waals surface area contributed by atoms with Crippen molar-refractivity contribution in [2.45, 2.75) is 26.2 Å². The Morgan fingerprint density at radius 3 is 2.96 bits per heavy atom. The van der Waals surface area contributed by atoms with Gasteiger partial charge in [-0.25, -0.2) is 9.07 Å². The fourth-order valence-electron chi connectivity index (χ4n) is 3.15. The van der Waals surface area contributed by atoms with E-state index in [1.807, 2.05) is 0 Å². The van der Waals surface area contributed by atoms with Crippen molar-refractivity contribution in [3.05, 3.63) is 47.5 Å².